The number of hydrogen-bond donors (Lipinski definition) is 1. The van der Waals surface area contributed by atoms with Crippen LogP contribution in [0.1, 0.15) is 11.1 Å². The van der Waals surface area contributed by atoms with Crippen LogP contribution in [-0.4, -0.2) is 17.0 Å². The van der Waals surface area contributed by atoms with Crippen molar-refractivity contribution < 1.29 is 9.50 Å². The average Bonchev–Trinajstić information content (AvgIpc) is 2.42. The summed E-state index contributed by atoms with van der Waals surface area (Å²) in [5.41, 5.74) is 1.85. The second kappa shape index (κ2) is 7.11. The van der Waals surface area contributed by atoms with E-state index in [0.717, 1.165) is 4.90 Å². The van der Waals surface area contributed by atoms with Gasteiger partial charge in [-0.1, -0.05) is 29.3 Å². The van der Waals surface area contributed by atoms with Crippen LogP contribution in [0.5, 0.6) is 0 Å². The Balaban J connectivity index is 1.90. The molecule has 2 aromatic rings. The maximum atomic E-state index is 13.1. The van der Waals surface area contributed by atoms with Gasteiger partial charge in [-0.05, 0) is 42.8 Å². The Kier molecular flexibility index (Phi) is 5.46. The van der Waals surface area contributed by atoms with Crippen LogP contribution < -0.4 is 0 Å². The lowest BCUT2D eigenvalue weighted by molar-refractivity contribution is 0.200. The van der Waals surface area contributed by atoms with Crippen LogP contribution in [-0.2, 0) is 6.42 Å². The van der Waals surface area contributed by atoms with Crippen molar-refractivity contribution in [2.24, 2.45) is 0 Å². The third-order valence-corrected chi connectivity index (χ3v) is 4.45. The smallest absolute Gasteiger partial charge is 0.123 e. The molecule has 0 radical (unpaired) electrons. The molecular weight excluding hydrogens is 295 g/mol. The van der Waals surface area contributed by atoms with Crippen molar-refractivity contribution in [1.29, 1.82) is 0 Å². The minimum absolute atomic E-state index is 0.331. The zero-order chi connectivity index (χ0) is 14.5. The second-order valence-electron chi connectivity index (χ2n) is 4.72. The van der Waals surface area contributed by atoms with Crippen molar-refractivity contribution in [2.45, 2.75) is 24.3 Å². The van der Waals surface area contributed by atoms with Gasteiger partial charge in [0.2, 0.25) is 0 Å². The van der Waals surface area contributed by atoms with Gasteiger partial charge < -0.3 is 5.11 Å². The first-order valence-electron chi connectivity index (χ1n) is 6.36. The molecule has 0 fully saturated rings. The van der Waals surface area contributed by atoms with Gasteiger partial charge in [-0.3, -0.25) is 0 Å². The van der Waals surface area contributed by atoms with Gasteiger partial charge in [-0.25, -0.2) is 4.39 Å². The minimum Gasteiger partial charge on any atom is -0.392 e. The molecule has 0 aliphatic heterocycles. The van der Waals surface area contributed by atoms with Crippen LogP contribution in [0.3, 0.4) is 0 Å². The minimum atomic E-state index is -0.555. The molecule has 0 saturated heterocycles. The summed E-state index contributed by atoms with van der Waals surface area (Å²) in [5.74, 6) is 0.221. The van der Waals surface area contributed by atoms with Crippen molar-refractivity contribution in [3.05, 3.63) is 64.4 Å². The summed E-state index contributed by atoms with van der Waals surface area (Å²) in [6.07, 6.45) is -0.198. The van der Waals surface area contributed by atoms with E-state index in [-0.39, 0.29) is 5.82 Å². The molecule has 0 aliphatic rings. The first-order valence-corrected chi connectivity index (χ1v) is 7.72. The molecule has 2 aromatic carbocycles. The third-order valence-electron chi connectivity index (χ3n) is 2.93. The quantitative estimate of drug-likeness (QED) is 0.822. The van der Waals surface area contributed by atoms with Crippen LogP contribution in [0.2, 0.25) is 5.02 Å². The molecule has 0 aromatic heterocycles. The molecule has 1 unspecified atom stereocenters. The molecule has 4 heteroatoms. The van der Waals surface area contributed by atoms with Gasteiger partial charge in [-0.2, -0.15) is 0 Å². The number of aliphatic hydroxyl groups excluding tert-OH is 1. The Labute approximate surface area is 127 Å². The van der Waals surface area contributed by atoms with Gasteiger partial charge in [0.25, 0.3) is 0 Å². The van der Waals surface area contributed by atoms with E-state index in [0.29, 0.717) is 22.8 Å². The Bertz CT molecular complexity index is 571. The van der Waals surface area contributed by atoms with Crippen LogP contribution in [0.4, 0.5) is 4.39 Å². The fourth-order valence-corrected chi connectivity index (χ4v) is 2.87. The molecule has 1 nitrogen and oxygen atoms in total. The first kappa shape index (κ1) is 15.4. The summed E-state index contributed by atoms with van der Waals surface area (Å²) in [5, 5.41) is 10.5. The summed E-state index contributed by atoms with van der Waals surface area (Å²) < 4.78 is 13.1. The maximum absolute atomic E-state index is 13.1. The van der Waals surface area contributed by atoms with Crippen molar-refractivity contribution >= 4 is 23.4 Å². The predicted molar refractivity (Wildman–Crippen MR) is 83.0 cm³/mol. The molecule has 0 saturated carbocycles. The van der Waals surface area contributed by atoms with E-state index in [1.165, 1.54) is 23.8 Å². The highest BCUT2D eigenvalue weighted by Crippen LogP contribution is 2.23. The Hall–Kier alpha value is -1.03. The van der Waals surface area contributed by atoms with Gasteiger partial charge in [0.15, 0.2) is 0 Å². The fraction of sp³-hybridized carbons (Fsp3) is 0.250. The lowest BCUT2D eigenvalue weighted by Gasteiger charge is -2.12. The van der Waals surface area contributed by atoms with Crippen LogP contribution >= 0.6 is 23.4 Å². The van der Waals surface area contributed by atoms with Gasteiger partial charge >= 0.3 is 0 Å². The van der Waals surface area contributed by atoms with Crippen molar-refractivity contribution in [3.63, 3.8) is 0 Å². The zero-order valence-corrected chi connectivity index (χ0v) is 12.7. The zero-order valence-electron chi connectivity index (χ0n) is 11.1. The maximum Gasteiger partial charge on any atom is 0.123 e. The second-order valence-corrected chi connectivity index (χ2v) is 6.22. The molecule has 20 heavy (non-hydrogen) atoms. The average molecular weight is 311 g/mol. The molecule has 0 spiro atoms. The highest BCUT2D eigenvalue weighted by molar-refractivity contribution is 7.99. The summed E-state index contributed by atoms with van der Waals surface area (Å²) in [4.78, 5) is 1.11. The predicted octanol–water partition coefficient (Wildman–Crippen LogP) is 4.48. The highest BCUT2D eigenvalue weighted by Gasteiger charge is 2.10. The van der Waals surface area contributed by atoms with Crippen LogP contribution in [0.15, 0.2) is 47.4 Å². The number of benzene rings is 2. The molecule has 2 rings (SSSR count). The number of halogens is 2. The molecule has 0 heterocycles. The number of aliphatic hydroxyl groups is 1. The molecule has 1 N–H and O–H groups in total. The van der Waals surface area contributed by atoms with E-state index < -0.39 is 6.10 Å². The number of aryl methyl sites for hydroxylation is 1. The van der Waals surface area contributed by atoms with E-state index in [1.807, 2.05) is 31.2 Å². The first-order chi connectivity index (χ1) is 9.54. The lowest BCUT2D eigenvalue weighted by atomic mass is 10.1. The van der Waals surface area contributed by atoms with Gasteiger partial charge in [-0.15, -0.1) is 11.8 Å². The van der Waals surface area contributed by atoms with Crippen molar-refractivity contribution in [3.8, 4) is 0 Å². The van der Waals surface area contributed by atoms with Crippen molar-refractivity contribution in [2.75, 3.05) is 5.75 Å². The SMILES string of the molecule is Cc1ccc(SCC(O)Cc2cc(F)ccc2Cl)cc1. The molecule has 0 amide bonds. The lowest BCUT2D eigenvalue weighted by Crippen LogP contribution is -2.14. The highest BCUT2D eigenvalue weighted by atomic mass is 35.5. The normalized spacial score (nSPS) is 12.4. The Morgan fingerprint density at radius 3 is 2.60 bits per heavy atom. The van der Waals surface area contributed by atoms with E-state index in [9.17, 15) is 9.50 Å². The van der Waals surface area contributed by atoms with Gasteiger partial charge in [0, 0.05) is 22.1 Å². The molecule has 0 aliphatic carbocycles. The summed E-state index contributed by atoms with van der Waals surface area (Å²) in [6, 6.07) is 12.4. The number of thioether (sulfide) groups is 1. The standard InChI is InChI=1S/C16H16ClFOS/c1-11-2-5-15(6-3-11)20-10-14(19)9-12-8-13(18)4-7-16(12)17/h2-8,14,19H,9-10H2,1H3. The Morgan fingerprint density at radius 1 is 1.20 bits per heavy atom. The van der Waals surface area contributed by atoms with E-state index in [2.05, 4.69) is 0 Å². The Morgan fingerprint density at radius 2 is 1.90 bits per heavy atom. The molecule has 1 atom stereocenters. The van der Waals surface area contributed by atoms with Gasteiger partial charge in [0.05, 0.1) is 6.10 Å². The van der Waals surface area contributed by atoms with Crippen molar-refractivity contribution in [1.82, 2.24) is 0 Å². The van der Waals surface area contributed by atoms with E-state index >= 15 is 0 Å². The van der Waals surface area contributed by atoms with E-state index in [1.54, 1.807) is 11.8 Å². The molecular formula is C16H16ClFOS. The topological polar surface area (TPSA) is 20.2 Å². The monoisotopic (exact) mass is 310 g/mol. The molecule has 0 bridgehead atoms. The summed E-state index contributed by atoms with van der Waals surface area (Å²) >= 11 is 7.57. The number of hydrogen-bond acceptors (Lipinski definition) is 2. The van der Waals surface area contributed by atoms with Crippen LogP contribution in [0.25, 0.3) is 0 Å². The summed E-state index contributed by atoms with van der Waals surface area (Å²) in [7, 11) is 0. The van der Waals surface area contributed by atoms with Gasteiger partial charge in [0.1, 0.15) is 5.82 Å². The third kappa shape index (κ3) is 4.51. The molecule has 106 valence electrons. The summed E-state index contributed by atoms with van der Waals surface area (Å²) in [6.45, 7) is 2.04. The van der Waals surface area contributed by atoms with Crippen LogP contribution in [0, 0.1) is 12.7 Å². The number of rotatable bonds is 5. The largest absolute Gasteiger partial charge is 0.392 e. The fourth-order valence-electron chi connectivity index (χ4n) is 1.84. The van der Waals surface area contributed by atoms with E-state index in [4.69, 9.17) is 11.6 Å².